The number of aromatic nitrogens is 2. The number of aromatic amines is 1. The van der Waals surface area contributed by atoms with Crippen LogP contribution in [-0.2, 0) is 12.8 Å². The maximum absolute atomic E-state index is 13.1. The summed E-state index contributed by atoms with van der Waals surface area (Å²) in [6.07, 6.45) is 11.5. The van der Waals surface area contributed by atoms with Crippen LogP contribution in [0.25, 0.3) is 0 Å². The Morgan fingerprint density at radius 3 is 2.24 bits per heavy atom. The Bertz CT molecular complexity index is 1030. The van der Waals surface area contributed by atoms with Crippen molar-refractivity contribution in [2.24, 2.45) is 11.8 Å². The number of carbonyl (C=O) groups is 2. The highest BCUT2D eigenvalue weighted by molar-refractivity contribution is 5.94. The van der Waals surface area contributed by atoms with Crippen LogP contribution in [0.2, 0.25) is 0 Å². The predicted octanol–water partition coefficient (Wildman–Crippen LogP) is 4.64. The first kappa shape index (κ1) is 25.8. The van der Waals surface area contributed by atoms with Crippen molar-refractivity contribution >= 4 is 12.0 Å². The molecule has 6 rings (SSSR count). The maximum atomic E-state index is 13.1. The van der Waals surface area contributed by atoms with E-state index in [4.69, 9.17) is 0 Å². The number of carbonyl (C=O) groups excluding carboxylic acids is 1. The zero-order valence-corrected chi connectivity index (χ0v) is 21.8. The Kier molecular flexibility index (Phi) is 8.44. The van der Waals surface area contributed by atoms with E-state index in [0.29, 0.717) is 17.5 Å². The Morgan fingerprint density at radius 2 is 1.59 bits per heavy atom. The minimum absolute atomic E-state index is 0.108. The van der Waals surface area contributed by atoms with E-state index in [1.807, 2.05) is 35.2 Å². The smallest absolute Gasteiger partial charge is 0.405 e. The van der Waals surface area contributed by atoms with Crippen molar-refractivity contribution in [2.45, 2.75) is 70.3 Å². The van der Waals surface area contributed by atoms with E-state index in [1.165, 1.54) is 32.1 Å². The number of benzene rings is 1. The zero-order chi connectivity index (χ0) is 25.6. The van der Waals surface area contributed by atoms with Gasteiger partial charge in [0, 0.05) is 38.3 Å². The van der Waals surface area contributed by atoms with Gasteiger partial charge in [-0.25, -0.2) is 4.79 Å². The predicted molar refractivity (Wildman–Crippen MR) is 143 cm³/mol. The molecule has 2 amide bonds. The lowest BCUT2D eigenvalue weighted by atomic mass is 9.95. The number of fused-ring (bicyclic) bond motifs is 2. The van der Waals surface area contributed by atoms with E-state index >= 15 is 0 Å². The fourth-order valence-corrected chi connectivity index (χ4v) is 6.60. The lowest BCUT2D eigenvalue weighted by Gasteiger charge is -2.24. The van der Waals surface area contributed by atoms with Gasteiger partial charge in [-0.05, 0) is 49.5 Å². The second kappa shape index (κ2) is 12.1. The van der Waals surface area contributed by atoms with Crippen LogP contribution >= 0.6 is 0 Å². The number of amides is 2. The van der Waals surface area contributed by atoms with Crippen LogP contribution in [0.15, 0.2) is 30.3 Å². The molecule has 0 radical (unpaired) electrons. The van der Waals surface area contributed by atoms with Crippen molar-refractivity contribution in [2.75, 3.05) is 32.7 Å². The molecule has 2 aliphatic carbocycles. The van der Waals surface area contributed by atoms with Gasteiger partial charge in [0.15, 0.2) is 0 Å². The third kappa shape index (κ3) is 6.35. The van der Waals surface area contributed by atoms with Crippen LogP contribution in [0.3, 0.4) is 0 Å². The average molecular weight is 508 g/mol. The maximum Gasteiger partial charge on any atom is 0.405 e. The van der Waals surface area contributed by atoms with E-state index in [1.54, 1.807) is 0 Å². The molecule has 1 saturated carbocycles. The fourth-order valence-electron chi connectivity index (χ4n) is 6.60. The van der Waals surface area contributed by atoms with E-state index in [9.17, 15) is 14.7 Å². The molecule has 4 aliphatic rings. The molecule has 3 heterocycles. The summed E-state index contributed by atoms with van der Waals surface area (Å²) in [4.78, 5) is 28.8. The van der Waals surface area contributed by atoms with Crippen LogP contribution in [0.1, 0.15) is 84.7 Å². The van der Waals surface area contributed by atoms with Gasteiger partial charge in [-0.3, -0.25) is 9.89 Å². The highest BCUT2D eigenvalue weighted by Gasteiger charge is 2.42. The molecule has 0 spiro atoms. The van der Waals surface area contributed by atoms with Crippen molar-refractivity contribution in [1.29, 1.82) is 0 Å². The number of carboxylic acid groups (broad SMARTS) is 1. The van der Waals surface area contributed by atoms with Gasteiger partial charge in [0.05, 0.1) is 11.7 Å². The molecule has 3 N–H and O–H groups in total. The van der Waals surface area contributed by atoms with Gasteiger partial charge in [0.1, 0.15) is 5.69 Å². The number of rotatable bonds is 6. The number of nitrogens with one attached hydrogen (secondary N) is 2. The summed E-state index contributed by atoms with van der Waals surface area (Å²) in [5, 5.41) is 19.3. The Morgan fingerprint density at radius 1 is 0.946 bits per heavy atom. The highest BCUT2D eigenvalue weighted by atomic mass is 16.4. The first-order chi connectivity index (χ1) is 18.1. The summed E-state index contributed by atoms with van der Waals surface area (Å²) < 4.78 is 0. The summed E-state index contributed by atoms with van der Waals surface area (Å²) >= 11 is 0. The highest BCUT2D eigenvalue weighted by Crippen LogP contribution is 2.33. The molecular formula is C29H41N5O3. The van der Waals surface area contributed by atoms with Gasteiger partial charge >= 0.3 is 6.09 Å². The van der Waals surface area contributed by atoms with Crippen LogP contribution < -0.4 is 5.32 Å². The van der Waals surface area contributed by atoms with E-state index in [0.717, 1.165) is 81.6 Å². The van der Waals surface area contributed by atoms with Crippen LogP contribution in [0, 0.1) is 11.8 Å². The van der Waals surface area contributed by atoms with E-state index in [-0.39, 0.29) is 11.9 Å². The second-order valence-electron chi connectivity index (χ2n) is 11.2. The minimum Gasteiger partial charge on any atom is -0.465 e. The molecule has 3 atom stereocenters. The number of likely N-dealkylation sites (tertiary alicyclic amines) is 2. The molecular weight excluding hydrogens is 466 g/mol. The molecule has 1 aromatic carbocycles. The van der Waals surface area contributed by atoms with Crippen molar-refractivity contribution in [3.63, 3.8) is 0 Å². The summed E-state index contributed by atoms with van der Waals surface area (Å²) in [6, 6.07) is 9.55. The molecule has 8 nitrogen and oxygen atoms in total. The lowest BCUT2D eigenvalue weighted by molar-refractivity contribution is 0.0766. The third-order valence-electron chi connectivity index (χ3n) is 8.59. The zero-order valence-electron chi connectivity index (χ0n) is 21.8. The van der Waals surface area contributed by atoms with Crippen molar-refractivity contribution in [3.05, 3.63) is 52.8 Å². The molecule has 2 saturated heterocycles. The number of hydrogen-bond acceptors (Lipinski definition) is 4. The standard InChI is InChI=1S/C24H31N5O3.C5H10/c30-23(22-19-8-4-5-9-21(19)26-27-22)29-14-17-12-28(13-18(17)15-29)11-10-20(25-24(31)32)16-6-2-1-3-7-16;1-2-4-5-3-1/h1-3,6-7,17-18,20,25H,4-5,8-15H2,(H,26,27)(H,31,32);1-5H2/t17-,18?,20?;/m0./s1. The molecule has 2 unspecified atom stereocenters. The summed E-state index contributed by atoms with van der Waals surface area (Å²) in [5.41, 5.74) is 3.92. The summed E-state index contributed by atoms with van der Waals surface area (Å²) in [7, 11) is 0. The first-order valence-corrected chi connectivity index (χ1v) is 14.2. The first-order valence-electron chi connectivity index (χ1n) is 14.2. The van der Waals surface area contributed by atoms with Gasteiger partial charge in [-0.1, -0.05) is 62.4 Å². The average Bonchev–Trinajstić information content (AvgIpc) is 3.71. The van der Waals surface area contributed by atoms with Crippen molar-refractivity contribution < 1.29 is 14.7 Å². The normalized spacial score (nSPS) is 23.6. The molecule has 200 valence electrons. The third-order valence-corrected chi connectivity index (χ3v) is 8.59. The van der Waals surface area contributed by atoms with Gasteiger partial charge < -0.3 is 20.2 Å². The SMILES string of the molecule is C1CCCC1.O=C(O)NC(CCN1CC2CN(C(=O)c3[nH]nc4c3CCCC4)C[C@@H]2C1)c1ccccc1. The number of aryl methyl sites for hydroxylation is 1. The fraction of sp³-hybridized carbons (Fsp3) is 0.621. The second-order valence-corrected chi connectivity index (χ2v) is 11.2. The topological polar surface area (TPSA) is 102 Å². The van der Waals surface area contributed by atoms with Crippen molar-refractivity contribution in [1.82, 2.24) is 25.3 Å². The molecule has 1 aromatic heterocycles. The molecule has 37 heavy (non-hydrogen) atoms. The lowest BCUT2D eigenvalue weighted by Crippen LogP contribution is -2.35. The molecule has 3 fully saturated rings. The number of hydrogen-bond donors (Lipinski definition) is 3. The number of nitrogens with zero attached hydrogens (tertiary/aromatic N) is 3. The van der Waals surface area contributed by atoms with Crippen LogP contribution in [-0.4, -0.2) is 69.8 Å². The molecule has 8 heteroatoms. The molecule has 2 aliphatic heterocycles. The van der Waals surface area contributed by atoms with Gasteiger partial charge in [0.25, 0.3) is 5.91 Å². The largest absolute Gasteiger partial charge is 0.465 e. The Hall–Kier alpha value is -2.87. The Balaban J connectivity index is 0.000000503. The number of H-pyrrole nitrogens is 1. The monoisotopic (exact) mass is 507 g/mol. The molecule has 0 bridgehead atoms. The minimum atomic E-state index is -0.993. The van der Waals surface area contributed by atoms with Crippen molar-refractivity contribution in [3.8, 4) is 0 Å². The van der Waals surface area contributed by atoms with Crippen LogP contribution in [0.4, 0.5) is 4.79 Å². The quantitative estimate of drug-likeness (QED) is 0.529. The van der Waals surface area contributed by atoms with E-state index in [2.05, 4.69) is 20.4 Å². The summed E-state index contributed by atoms with van der Waals surface area (Å²) in [5.74, 6) is 1.08. The van der Waals surface area contributed by atoms with Crippen LogP contribution in [0.5, 0.6) is 0 Å². The van der Waals surface area contributed by atoms with Gasteiger partial charge in [0.2, 0.25) is 0 Å². The van der Waals surface area contributed by atoms with Gasteiger partial charge in [-0.15, -0.1) is 0 Å². The summed E-state index contributed by atoms with van der Waals surface area (Å²) in [6.45, 7) is 4.36. The Labute approximate surface area is 219 Å². The molecule has 2 aromatic rings. The van der Waals surface area contributed by atoms with Gasteiger partial charge in [-0.2, -0.15) is 5.10 Å². The van der Waals surface area contributed by atoms with E-state index < -0.39 is 6.09 Å².